The molecule has 0 bridgehead atoms. The molecule has 0 aromatic heterocycles. The maximum atomic E-state index is 11.5. The van der Waals surface area contributed by atoms with E-state index in [4.69, 9.17) is 33.1 Å². The first-order valence-corrected chi connectivity index (χ1v) is 12.2. The van der Waals surface area contributed by atoms with Gasteiger partial charge in [0, 0.05) is 67.0 Å². The molecule has 228 valence electrons. The summed E-state index contributed by atoms with van der Waals surface area (Å²) in [6.45, 7) is 3.26. The molecule has 0 fully saturated rings. The zero-order valence-electron chi connectivity index (χ0n) is 23.1. The minimum absolute atomic E-state index is 0.0625. The second-order valence-electron chi connectivity index (χ2n) is 8.10. The van der Waals surface area contributed by atoms with Gasteiger partial charge in [-0.05, 0) is 12.8 Å². The van der Waals surface area contributed by atoms with Gasteiger partial charge in [-0.1, -0.05) is 0 Å². The van der Waals surface area contributed by atoms with Crippen molar-refractivity contribution in [3.05, 3.63) is 0 Å². The number of primary amides is 1. The van der Waals surface area contributed by atoms with Crippen molar-refractivity contribution >= 4 is 35.4 Å². The van der Waals surface area contributed by atoms with E-state index < -0.39 is 30.2 Å². The van der Waals surface area contributed by atoms with Gasteiger partial charge in [0.15, 0.2) is 0 Å². The molecule has 0 aromatic rings. The Hall–Kier alpha value is -3.38. The number of hydrogen-bond donors (Lipinski definition) is 11. The van der Waals surface area contributed by atoms with Crippen LogP contribution in [0.25, 0.3) is 0 Å². The smallest absolute Gasteiger partial charge is 0.242 e. The predicted molar refractivity (Wildman–Crippen MR) is 143 cm³/mol. The Morgan fingerprint density at radius 1 is 0.692 bits per heavy atom. The van der Waals surface area contributed by atoms with E-state index in [2.05, 4.69) is 26.6 Å². The lowest BCUT2D eigenvalue weighted by Gasteiger charge is -2.16. The number of likely N-dealkylation sites (N-methyl/N-ethyl adjacent to an activating group) is 2. The number of rotatable bonds is 15. The first-order valence-electron chi connectivity index (χ1n) is 12.2. The Balaban J connectivity index is -0.000000566. The van der Waals surface area contributed by atoms with Gasteiger partial charge in [0.1, 0.15) is 12.1 Å². The van der Waals surface area contributed by atoms with Crippen molar-refractivity contribution in [3.8, 4) is 0 Å². The van der Waals surface area contributed by atoms with Crippen molar-refractivity contribution in [1.82, 2.24) is 26.6 Å². The highest BCUT2D eigenvalue weighted by molar-refractivity contribution is 5.88. The average Bonchev–Trinajstić information content (AvgIpc) is 2.90. The van der Waals surface area contributed by atoms with E-state index in [9.17, 15) is 28.8 Å². The third-order valence-corrected chi connectivity index (χ3v) is 4.57. The summed E-state index contributed by atoms with van der Waals surface area (Å²) in [5.74, 6) is -2.15. The number of carbonyl (C=O) groups excluding carboxylic acids is 6. The van der Waals surface area contributed by atoms with Crippen molar-refractivity contribution in [1.29, 1.82) is 0 Å². The molecule has 17 heteroatoms. The molecule has 0 saturated carbocycles. The maximum Gasteiger partial charge on any atom is 0.242 e. The summed E-state index contributed by atoms with van der Waals surface area (Å²) in [7, 11) is 2.91. The van der Waals surface area contributed by atoms with Crippen LogP contribution in [0, 0.1) is 0 Å². The molecular weight excluding hydrogens is 518 g/mol. The number of carbonyl (C=O) groups is 6. The van der Waals surface area contributed by atoms with Crippen LogP contribution in [-0.4, -0.2) is 110 Å². The lowest BCUT2D eigenvalue weighted by atomic mass is 10.1. The number of aliphatic hydroxyl groups excluding tert-OH is 2. The van der Waals surface area contributed by atoms with Crippen LogP contribution in [0.5, 0.6) is 0 Å². The van der Waals surface area contributed by atoms with E-state index >= 15 is 0 Å². The summed E-state index contributed by atoms with van der Waals surface area (Å²) < 4.78 is 0. The van der Waals surface area contributed by atoms with E-state index in [1.54, 1.807) is 0 Å². The zero-order valence-corrected chi connectivity index (χ0v) is 23.1. The average molecular weight is 566 g/mol. The molecule has 0 aliphatic rings. The van der Waals surface area contributed by atoms with Gasteiger partial charge in [0.2, 0.25) is 35.4 Å². The van der Waals surface area contributed by atoms with Crippen LogP contribution < -0.4 is 49.5 Å². The molecule has 0 spiro atoms. The molecule has 0 aromatic carbocycles. The molecule has 0 saturated heterocycles. The normalized spacial score (nSPS) is 12.2. The summed E-state index contributed by atoms with van der Waals surface area (Å²) in [4.78, 5) is 66.2. The molecule has 3 atom stereocenters. The Morgan fingerprint density at radius 2 is 1.08 bits per heavy atom. The van der Waals surface area contributed by atoms with Crippen molar-refractivity contribution in [2.75, 3.05) is 40.3 Å². The molecule has 39 heavy (non-hydrogen) atoms. The van der Waals surface area contributed by atoms with Crippen LogP contribution in [0.4, 0.5) is 0 Å². The summed E-state index contributed by atoms with van der Waals surface area (Å²) in [6, 6.07) is -1.43. The topological polar surface area (TPSA) is 307 Å². The zero-order chi connectivity index (χ0) is 31.0. The lowest BCUT2D eigenvalue weighted by molar-refractivity contribution is -0.128. The van der Waals surface area contributed by atoms with E-state index in [-0.39, 0.29) is 81.4 Å². The van der Waals surface area contributed by atoms with Crippen LogP contribution in [0.15, 0.2) is 0 Å². The third-order valence-electron chi connectivity index (χ3n) is 4.57. The fourth-order valence-electron chi connectivity index (χ4n) is 2.44. The molecular formula is C22H47N9O8. The SMILES string of the molecule is CNC(=O)[C@H](CCC(=O)NCC(O)CN)NC(C)=O.CNC(=O)[C@H](CCC(N)=O)NC(C)=O.NCC(O)CN. The van der Waals surface area contributed by atoms with E-state index in [0.29, 0.717) is 0 Å². The van der Waals surface area contributed by atoms with Crippen LogP contribution in [-0.2, 0) is 28.8 Å². The van der Waals surface area contributed by atoms with Gasteiger partial charge in [0.05, 0.1) is 12.2 Å². The van der Waals surface area contributed by atoms with Crippen molar-refractivity contribution in [3.63, 3.8) is 0 Å². The van der Waals surface area contributed by atoms with E-state index in [1.807, 2.05) is 0 Å². The van der Waals surface area contributed by atoms with Gasteiger partial charge in [-0.25, -0.2) is 0 Å². The molecule has 0 radical (unpaired) electrons. The van der Waals surface area contributed by atoms with Crippen molar-refractivity contribution in [2.24, 2.45) is 22.9 Å². The van der Waals surface area contributed by atoms with Crippen LogP contribution in [0.3, 0.4) is 0 Å². The predicted octanol–water partition coefficient (Wildman–Crippen LogP) is -5.78. The number of amides is 6. The minimum Gasteiger partial charge on any atom is -0.390 e. The van der Waals surface area contributed by atoms with E-state index in [1.165, 1.54) is 27.9 Å². The number of aliphatic hydroxyl groups is 2. The molecule has 6 amide bonds. The Bertz CT molecular complexity index is 751. The molecule has 0 rings (SSSR count). The minimum atomic E-state index is -0.783. The number of nitrogens with two attached hydrogens (primary N) is 4. The maximum absolute atomic E-state index is 11.5. The van der Waals surface area contributed by atoms with Gasteiger partial charge >= 0.3 is 0 Å². The Morgan fingerprint density at radius 3 is 1.36 bits per heavy atom. The van der Waals surface area contributed by atoms with Crippen molar-refractivity contribution < 1.29 is 39.0 Å². The molecule has 17 nitrogen and oxygen atoms in total. The molecule has 0 aliphatic heterocycles. The monoisotopic (exact) mass is 565 g/mol. The largest absolute Gasteiger partial charge is 0.390 e. The standard InChI is InChI=1S/C11H22N4O4.C8H15N3O3.C3H10N2O/c1-7(16)15-9(11(19)13-2)3-4-10(18)14-6-8(17)5-12;1-5(12)11-6(8(14)10-2)3-4-7(9)13;4-1-3(6)2-5/h8-9,17H,3-6,12H2,1-2H3,(H,13,19)(H,14,18)(H,15,16);6H,3-4H2,1-2H3,(H2,9,13)(H,10,14)(H,11,12);3,6H,1-2,4-5H2/t8?,9-;6-;/m00./s1. The fourth-order valence-corrected chi connectivity index (χ4v) is 2.44. The molecule has 0 heterocycles. The fraction of sp³-hybridized carbons (Fsp3) is 0.727. The van der Waals surface area contributed by atoms with Gasteiger partial charge in [-0.2, -0.15) is 0 Å². The van der Waals surface area contributed by atoms with Crippen LogP contribution >= 0.6 is 0 Å². The highest BCUT2D eigenvalue weighted by Crippen LogP contribution is 1.99. The quantitative estimate of drug-likeness (QED) is 0.0888. The van der Waals surface area contributed by atoms with Gasteiger partial charge in [0.25, 0.3) is 0 Å². The summed E-state index contributed by atoms with van der Waals surface area (Å²) in [5, 5.41) is 29.8. The first-order chi connectivity index (χ1) is 18.2. The second-order valence-corrected chi connectivity index (χ2v) is 8.10. The van der Waals surface area contributed by atoms with Gasteiger partial charge in [-0.3, -0.25) is 28.8 Å². The van der Waals surface area contributed by atoms with Crippen LogP contribution in [0.1, 0.15) is 39.5 Å². The van der Waals surface area contributed by atoms with Gasteiger partial charge < -0.3 is 59.7 Å². The highest BCUT2D eigenvalue weighted by atomic mass is 16.3. The highest BCUT2D eigenvalue weighted by Gasteiger charge is 2.20. The van der Waals surface area contributed by atoms with Gasteiger partial charge in [-0.15, -0.1) is 0 Å². The summed E-state index contributed by atoms with van der Waals surface area (Å²) >= 11 is 0. The second kappa shape index (κ2) is 24.9. The van der Waals surface area contributed by atoms with Crippen molar-refractivity contribution in [2.45, 2.75) is 63.8 Å². The van der Waals surface area contributed by atoms with E-state index in [0.717, 1.165) is 0 Å². The molecule has 0 aliphatic carbocycles. The number of hydrogen-bond acceptors (Lipinski definition) is 11. The third kappa shape index (κ3) is 26.0. The Labute approximate surface area is 228 Å². The lowest BCUT2D eigenvalue weighted by Crippen LogP contribution is -2.45. The first kappa shape index (κ1) is 40.1. The summed E-state index contributed by atoms with van der Waals surface area (Å²) in [5.41, 5.74) is 20.0. The molecule has 15 N–H and O–H groups in total. The Kier molecular flexibility index (Phi) is 25.6. The van der Waals surface area contributed by atoms with Crippen LogP contribution in [0.2, 0.25) is 0 Å². The molecule has 1 unspecified atom stereocenters. The summed E-state index contributed by atoms with van der Waals surface area (Å²) in [6.07, 6.45) is -0.758. The number of nitrogens with one attached hydrogen (secondary N) is 5.